The van der Waals surface area contributed by atoms with Crippen molar-refractivity contribution in [2.45, 2.75) is 71.6 Å². The maximum Gasteiger partial charge on any atom is 0.408 e. The molecule has 2 N–H and O–H groups in total. The summed E-state index contributed by atoms with van der Waals surface area (Å²) in [6.07, 6.45) is 0.870. The van der Waals surface area contributed by atoms with Crippen LogP contribution in [0, 0.1) is 5.92 Å². The zero-order valence-corrected chi connectivity index (χ0v) is 14.6. The number of carbonyl (C=O) groups excluding carboxylic acids is 2. The third-order valence-electron chi connectivity index (χ3n) is 3.52. The van der Waals surface area contributed by atoms with Crippen LogP contribution in [0.1, 0.15) is 53.9 Å². The maximum atomic E-state index is 12.7. The molecule has 2 unspecified atom stereocenters. The van der Waals surface area contributed by atoms with Gasteiger partial charge in [0.05, 0.1) is 0 Å². The Bertz CT molecular complexity index is 456. The molecule has 132 valence electrons. The summed E-state index contributed by atoms with van der Waals surface area (Å²) in [4.78, 5) is 37.3. The summed E-state index contributed by atoms with van der Waals surface area (Å²) in [6, 6.07) is -1.58. The molecular weight excluding hydrogens is 300 g/mol. The van der Waals surface area contributed by atoms with Gasteiger partial charge in [-0.15, -0.1) is 0 Å². The normalized spacial score (nSPS) is 19.6. The lowest BCUT2D eigenvalue weighted by Gasteiger charge is -2.29. The van der Waals surface area contributed by atoms with E-state index in [1.54, 1.807) is 20.8 Å². The first-order valence-corrected chi connectivity index (χ1v) is 8.04. The van der Waals surface area contributed by atoms with Crippen LogP contribution >= 0.6 is 0 Å². The summed E-state index contributed by atoms with van der Waals surface area (Å²) in [5, 5.41) is 11.8. The summed E-state index contributed by atoms with van der Waals surface area (Å²) in [6.45, 7) is 9.51. The van der Waals surface area contributed by atoms with E-state index in [4.69, 9.17) is 4.74 Å². The number of nitrogens with zero attached hydrogens (tertiary/aromatic N) is 1. The van der Waals surface area contributed by atoms with Crippen LogP contribution in [0.15, 0.2) is 0 Å². The van der Waals surface area contributed by atoms with Gasteiger partial charge in [-0.3, -0.25) is 4.79 Å². The highest BCUT2D eigenvalue weighted by molar-refractivity contribution is 5.89. The highest BCUT2D eigenvalue weighted by Crippen LogP contribution is 2.20. The van der Waals surface area contributed by atoms with Crippen LogP contribution in [0.25, 0.3) is 0 Å². The molecule has 23 heavy (non-hydrogen) atoms. The van der Waals surface area contributed by atoms with E-state index in [1.807, 2.05) is 13.8 Å². The second kappa shape index (κ2) is 7.66. The number of carboxylic acids is 1. The molecule has 0 radical (unpaired) electrons. The molecular formula is C16H28N2O5. The van der Waals surface area contributed by atoms with Gasteiger partial charge in [0.1, 0.15) is 17.7 Å². The van der Waals surface area contributed by atoms with E-state index in [9.17, 15) is 19.5 Å². The number of carboxylic acid groups (broad SMARTS) is 1. The number of ether oxygens (including phenoxy) is 1. The number of hydrogen-bond donors (Lipinski definition) is 2. The fraction of sp³-hybridized carbons (Fsp3) is 0.812. The summed E-state index contributed by atoms with van der Waals surface area (Å²) in [7, 11) is 0. The summed E-state index contributed by atoms with van der Waals surface area (Å²) < 4.78 is 5.20. The van der Waals surface area contributed by atoms with Crippen molar-refractivity contribution in [1.82, 2.24) is 10.2 Å². The molecule has 1 saturated heterocycles. The smallest absolute Gasteiger partial charge is 0.408 e. The van der Waals surface area contributed by atoms with E-state index in [0.717, 1.165) is 0 Å². The van der Waals surface area contributed by atoms with Crippen molar-refractivity contribution in [3.05, 3.63) is 0 Å². The third-order valence-corrected chi connectivity index (χ3v) is 3.52. The monoisotopic (exact) mass is 328 g/mol. The second-order valence-electron chi connectivity index (χ2n) is 7.36. The molecule has 0 spiro atoms. The van der Waals surface area contributed by atoms with E-state index >= 15 is 0 Å². The first-order chi connectivity index (χ1) is 10.5. The molecule has 0 aromatic carbocycles. The molecule has 7 heteroatoms. The Morgan fingerprint density at radius 2 is 1.91 bits per heavy atom. The molecule has 0 bridgehead atoms. The van der Waals surface area contributed by atoms with E-state index < -0.39 is 29.7 Å². The van der Waals surface area contributed by atoms with Crippen LogP contribution in [0.4, 0.5) is 4.79 Å². The Kier molecular flexibility index (Phi) is 6.41. The number of alkyl carbamates (subject to hydrolysis) is 1. The third kappa shape index (κ3) is 6.08. The van der Waals surface area contributed by atoms with Gasteiger partial charge in [-0.2, -0.15) is 0 Å². The Labute approximate surface area is 137 Å². The number of aliphatic carboxylic acids is 1. The fourth-order valence-electron chi connectivity index (χ4n) is 2.63. The first-order valence-electron chi connectivity index (χ1n) is 8.04. The van der Waals surface area contributed by atoms with Gasteiger partial charge in [-0.25, -0.2) is 9.59 Å². The van der Waals surface area contributed by atoms with Crippen LogP contribution in [0.3, 0.4) is 0 Å². The molecule has 1 aliphatic heterocycles. The second-order valence-corrected chi connectivity index (χ2v) is 7.36. The Balaban J connectivity index is 2.82. The number of nitrogens with one attached hydrogen (secondary N) is 1. The van der Waals surface area contributed by atoms with Crippen LogP contribution in [-0.4, -0.2) is 52.2 Å². The first kappa shape index (κ1) is 19.3. The number of rotatable bonds is 5. The Morgan fingerprint density at radius 3 is 2.39 bits per heavy atom. The number of likely N-dealkylation sites (tertiary alicyclic amines) is 1. The van der Waals surface area contributed by atoms with Crippen molar-refractivity contribution in [3.8, 4) is 0 Å². The molecule has 0 aromatic heterocycles. The lowest BCUT2D eigenvalue weighted by Crippen LogP contribution is -2.52. The van der Waals surface area contributed by atoms with Crippen LogP contribution < -0.4 is 5.32 Å². The molecule has 2 atom stereocenters. The summed E-state index contributed by atoms with van der Waals surface area (Å²) in [5.41, 5.74) is -0.660. The van der Waals surface area contributed by atoms with Gasteiger partial charge in [0.15, 0.2) is 0 Å². The van der Waals surface area contributed by atoms with Gasteiger partial charge in [0, 0.05) is 6.54 Å². The van der Waals surface area contributed by atoms with Gasteiger partial charge in [0.2, 0.25) is 5.91 Å². The molecule has 0 aliphatic carbocycles. The number of hydrogen-bond acceptors (Lipinski definition) is 4. The van der Waals surface area contributed by atoms with Gasteiger partial charge >= 0.3 is 12.1 Å². The molecule has 0 aromatic rings. The van der Waals surface area contributed by atoms with E-state index in [0.29, 0.717) is 25.8 Å². The van der Waals surface area contributed by atoms with Crippen molar-refractivity contribution in [1.29, 1.82) is 0 Å². The van der Waals surface area contributed by atoms with E-state index in [-0.39, 0.29) is 11.8 Å². The van der Waals surface area contributed by atoms with Gasteiger partial charge in [-0.1, -0.05) is 13.8 Å². The SMILES string of the molecule is CC(C)CC(NC(=O)OC(C)(C)C)C(=O)N1CCCC1C(=O)O. The largest absolute Gasteiger partial charge is 0.480 e. The molecule has 2 amide bonds. The molecule has 1 rings (SSSR count). The predicted molar refractivity (Wildman–Crippen MR) is 85.0 cm³/mol. The fourth-order valence-corrected chi connectivity index (χ4v) is 2.63. The van der Waals surface area contributed by atoms with Gasteiger partial charge in [0.25, 0.3) is 0 Å². The van der Waals surface area contributed by atoms with Crippen molar-refractivity contribution in [2.75, 3.05) is 6.54 Å². The van der Waals surface area contributed by atoms with Gasteiger partial charge < -0.3 is 20.1 Å². The highest BCUT2D eigenvalue weighted by Gasteiger charge is 2.38. The summed E-state index contributed by atoms with van der Waals surface area (Å²) >= 11 is 0. The van der Waals surface area contributed by atoms with E-state index in [2.05, 4.69) is 5.32 Å². The average Bonchev–Trinajstić information content (AvgIpc) is 2.83. The Hall–Kier alpha value is -1.79. The average molecular weight is 328 g/mol. The van der Waals surface area contributed by atoms with Crippen molar-refractivity contribution >= 4 is 18.0 Å². The molecule has 7 nitrogen and oxygen atoms in total. The minimum atomic E-state index is -1.00. The van der Waals surface area contributed by atoms with Crippen LogP contribution in [-0.2, 0) is 14.3 Å². The lowest BCUT2D eigenvalue weighted by atomic mass is 10.0. The quantitative estimate of drug-likeness (QED) is 0.805. The standard InChI is InChI=1S/C16H28N2O5/c1-10(2)9-11(17-15(22)23-16(3,4)5)13(19)18-8-6-7-12(18)14(20)21/h10-12H,6-9H2,1-5H3,(H,17,22)(H,20,21). The number of amides is 2. The number of carbonyl (C=O) groups is 3. The lowest BCUT2D eigenvalue weighted by molar-refractivity contribution is -0.149. The zero-order valence-electron chi connectivity index (χ0n) is 14.6. The highest BCUT2D eigenvalue weighted by atomic mass is 16.6. The van der Waals surface area contributed by atoms with Crippen molar-refractivity contribution < 1.29 is 24.2 Å². The molecule has 1 heterocycles. The Morgan fingerprint density at radius 1 is 1.30 bits per heavy atom. The van der Waals surface area contributed by atoms with Crippen molar-refractivity contribution in [2.24, 2.45) is 5.92 Å². The van der Waals surface area contributed by atoms with Gasteiger partial charge in [-0.05, 0) is 46.0 Å². The zero-order chi connectivity index (χ0) is 17.8. The maximum absolute atomic E-state index is 12.7. The van der Waals surface area contributed by atoms with Crippen LogP contribution in [0.2, 0.25) is 0 Å². The minimum Gasteiger partial charge on any atom is -0.480 e. The predicted octanol–water partition coefficient (Wildman–Crippen LogP) is 2.00. The molecule has 0 saturated carbocycles. The van der Waals surface area contributed by atoms with Crippen molar-refractivity contribution in [3.63, 3.8) is 0 Å². The molecule has 1 aliphatic rings. The molecule has 1 fully saturated rings. The van der Waals surface area contributed by atoms with E-state index in [1.165, 1.54) is 4.90 Å². The minimum absolute atomic E-state index is 0.171. The topological polar surface area (TPSA) is 95.9 Å². The summed E-state index contributed by atoms with van der Waals surface area (Å²) in [5.74, 6) is -1.18. The van der Waals surface area contributed by atoms with Crippen LogP contribution in [0.5, 0.6) is 0 Å².